The first-order valence-corrected chi connectivity index (χ1v) is 4.66. The van der Waals surface area contributed by atoms with Gasteiger partial charge in [-0.2, -0.15) is 0 Å². The number of carbonyl (C=O) groups excluding carboxylic acids is 8. The van der Waals surface area contributed by atoms with Gasteiger partial charge in [0.05, 0.1) is 0 Å². The second-order valence-corrected chi connectivity index (χ2v) is 2.53. The average molecular weight is 424 g/mol. The molecular weight excluding hydrogens is 411 g/mol. The van der Waals surface area contributed by atoms with E-state index in [-0.39, 0.29) is 19.5 Å². The first-order valence-electron chi connectivity index (χ1n) is 4.66. The van der Waals surface area contributed by atoms with Gasteiger partial charge in [0.25, 0.3) is 0 Å². The van der Waals surface area contributed by atoms with E-state index in [1.807, 2.05) is 13.6 Å². The molecule has 0 rings (SSSR count). The van der Waals surface area contributed by atoms with E-state index >= 15 is 0 Å². The molecule has 0 aromatic heterocycles. The van der Waals surface area contributed by atoms with Gasteiger partial charge in [0.1, 0.15) is 31.5 Å². The maximum Gasteiger partial charge on any atom is 3.00 e. The number of aliphatic carboxylic acids is 3. The van der Waals surface area contributed by atoms with Crippen LogP contribution in [0.1, 0.15) is 20.8 Å². The van der Waals surface area contributed by atoms with Crippen LogP contribution < -0.4 is 15.3 Å². The number of ketones is 3. The van der Waals surface area contributed by atoms with Crippen LogP contribution in [0.5, 0.6) is 0 Å². The zero-order valence-electron chi connectivity index (χ0n) is 12.2. The molecule has 0 spiro atoms. The van der Waals surface area contributed by atoms with Crippen LogP contribution >= 0.6 is 0 Å². The summed E-state index contributed by atoms with van der Waals surface area (Å²) in [5.74, 6) is -7.69. The first-order chi connectivity index (χ1) is 9.93. The molecule has 0 aliphatic rings. The van der Waals surface area contributed by atoms with Crippen LogP contribution in [0.4, 0.5) is 0 Å². The number of carboxylic acid groups (broad SMARTS) is 3. The van der Waals surface area contributed by atoms with E-state index in [9.17, 15) is 44.1 Å². The molecule has 0 bridgehead atoms. The Kier molecular flexibility index (Phi) is 44.6. The van der Waals surface area contributed by atoms with E-state index in [2.05, 4.69) is 0 Å². The monoisotopic (exact) mass is 424 g/mol. The van der Waals surface area contributed by atoms with Gasteiger partial charge in [-0.25, -0.2) is 0 Å². The molecule has 0 saturated heterocycles. The SMILES string of the molecule is C=O.C=O.CC(=O)C(=O)[O-].CC(=O)C(=O)[O-].CC(=O)C(=O)[O-].[Rh+3]. The summed E-state index contributed by atoms with van der Waals surface area (Å²) in [5, 5.41) is 27.7. The Labute approximate surface area is 143 Å². The first kappa shape index (κ1) is 37.0. The molecule has 23 heavy (non-hydrogen) atoms. The Balaban J connectivity index is -0.0000000415. The maximum atomic E-state index is 9.48. The van der Waals surface area contributed by atoms with Crippen molar-refractivity contribution >= 4 is 48.8 Å². The molecule has 0 aliphatic heterocycles. The molecule has 0 aromatic carbocycles. The summed E-state index contributed by atoms with van der Waals surface area (Å²) in [6.45, 7) is 6.82. The van der Waals surface area contributed by atoms with Crippen LogP contribution in [-0.2, 0) is 57.8 Å². The molecule has 0 atom stereocenters. The van der Waals surface area contributed by atoms with Crippen molar-refractivity contribution in [2.45, 2.75) is 20.8 Å². The molecule has 0 unspecified atom stereocenters. The molecule has 132 valence electrons. The quantitative estimate of drug-likeness (QED) is 0.309. The third kappa shape index (κ3) is 66.5. The van der Waals surface area contributed by atoms with E-state index in [1.165, 1.54) is 0 Å². The van der Waals surface area contributed by atoms with Gasteiger partial charge in [-0.3, -0.25) is 14.4 Å². The third-order valence-corrected chi connectivity index (χ3v) is 0.862. The Morgan fingerprint density at radius 1 is 0.522 bits per heavy atom. The summed E-state index contributed by atoms with van der Waals surface area (Å²) in [4.78, 5) is 72.2. The van der Waals surface area contributed by atoms with Gasteiger partial charge in [0.15, 0.2) is 17.3 Å². The third-order valence-electron chi connectivity index (χ3n) is 0.862. The van der Waals surface area contributed by atoms with Gasteiger partial charge < -0.3 is 39.3 Å². The molecule has 0 heterocycles. The topological polar surface area (TPSA) is 206 Å². The normalized spacial score (nSPS) is 6.22. The molecule has 0 aromatic rings. The smallest absolute Gasteiger partial charge is 0.542 e. The number of carbonyl (C=O) groups is 8. The molecule has 0 aliphatic carbocycles. The summed E-state index contributed by atoms with van der Waals surface area (Å²) < 4.78 is 0. The van der Waals surface area contributed by atoms with Crippen molar-refractivity contribution < 1.29 is 73.2 Å². The molecular formula is C11H13O11Rh. The van der Waals surface area contributed by atoms with Crippen molar-refractivity contribution in [2.24, 2.45) is 0 Å². The number of hydrogen-bond acceptors (Lipinski definition) is 11. The van der Waals surface area contributed by atoms with Crippen LogP contribution in [0.25, 0.3) is 0 Å². The Morgan fingerprint density at radius 2 is 0.565 bits per heavy atom. The van der Waals surface area contributed by atoms with Crippen molar-refractivity contribution in [1.29, 1.82) is 0 Å². The van der Waals surface area contributed by atoms with Crippen molar-refractivity contribution in [3.63, 3.8) is 0 Å². The molecule has 11 nitrogen and oxygen atoms in total. The molecule has 0 radical (unpaired) electrons. The number of rotatable bonds is 3. The standard InChI is InChI=1S/3C3H4O3.2CH2O.Rh/c3*1-2(4)3(5)6;2*1-2;/h3*1H3,(H,5,6);2*1H2;/q;;;;;+3/p-3. The van der Waals surface area contributed by atoms with E-state index in [1.54, 1.807) is 0 Å². The Hall–Kier alpha value is -2.62. The Morgan fingerprint density at radius 3 is 0.565 bits per heavy atom. The summed E-state index contributed by atoms with van der Waals surface area (Å²) in [5.41, 5.74) is 0. The molecule has 0 saturated carbocycles. The van der Waals surface area contributed by atoms with Crippen LogP contribution in [0.2, 0.25) is 0 Å². The van der Waals surface area contributed by atoms with Crippen LogP contribution in [-0.4, -0.2) is 48.8 Å². The predicted octanol–water partition coefficient (Wildman–Crippen LogP) is -5.40. The second-order valence-electron chi connectivity index (χ2n) is 2.53. The molecule has 0 amide bonds. The minimum absolute atomic E-state index is 0. The summed E-state index contributed by atoms with van der Waals surface area (Å²) >= 11 is 0. The number of carboxylic acids is 3. The molecule has 0 fully saturated rings. The van der Waals surface area contributed by atoms with Gasteiger partial charge in [-0.15, -0.1) is 0 Å². The van der Waals surface area contributed by atoms with Gasteiger partial charge in [-0.1, -0.05) is 0 Å². The molecule has 0 N–H and O–H groups in total. The van der Waals surface area contributed by atoms with E-state index < -0.39 is 35.3 Å². The minimum atomic E-state index is -1.63. The van der Waals surface area contributed by atoms with Crippen molar-refractivity contribution in [2.75, 3.05) is 0 Å². The summed E-state index contributed by atoms with van der Waals surface area (Å²) in [7, 11) is 0. The fourth-order valence-corrected chi connectivity index (χ4v) is 0. The summed E-state index contributed by atoms with van der Waals surface area (Å²) in [6, 6.07) is 0. The van der Waals surface area contributed by atoms with Crippen molar-refractivity contribution in [3.8, 4) is 0 Å². The van der Waals surface area contributed by atoms with Crippen molar-refractivity contribution in [1.82, 2.24) is 0 Å². The van der Waals surface area contributed by atoms with Gasteiger partial charge in [-0.05, 0) is 0 Å². The summed E-state index contributed by atoms with van der Waals surface area (Å²) in [6.07, 6.45) is 0. The van der Waals surface area contributed by atoms with Gasteiger partial charge in [0, 0.05) is 20.8 Å². The number of hydrogen-bond donors (Lipinski definition) is 0. The van der Waals surface area contributed by atoms with Crippen molar-refractivity contribution in [3.05, 3.63) is 0 Å². The second kappa shape index (κ2) is 27.7. The van der Waals surface area contributed by atoms with Crippen LogP contribution in [0.15, 0.2) is 0 Å². The Bertz CT molecular complexity index is 308. The van der Waals surface area contributed by atoms with E-state index in [4.69, 9.17) is 9.59 Å². The fourth-order valence-electron chi connectivity index (χ4n) is 0. The zero-order chi connectivity index (χ0) is 19.5. The van der Waals surface area contributed by atoms with E-state index in [0.29, 0.717) is 0 Å². The zero-order valence-corrected chi connectivity index (χ0v) is 13.9. The van der Waals surface area contributed by atoms with Crippen LogP contribution in [0, 0.1) is 0 Å². The fraction of sp³-hybridized carbons (Fsp3) is 0.273. The van der Waals surface area contributed by atoms with Crippen LogP contribution in [0.3, 0.4) is 0 Å². The average Bonchev–Trinajstić information content (AvgIpc) is 2.44. The van der Waals surface area contributed by atoms with E-state index in [0.717, 1.165) is 20.8 Å². The van der Waals surface area contributed by atoms with Gasteiger partial charge in [0.2, 0.25) is 0 Å². The predicted molar refractivity (Wildman–Crippen MR) is 61.3 cm³/mol. The molecule has 12 heteroatoms. The maximum absolute atomic E-state index is 9.48. The van der Waals surface area contributed by atoms with Gasteiger partial charge >= 0.3 is 19.5 Å². The number of Topliss-reactive ketones (excluding diaryl/α,β-unsaturated/α-hetero) is 3. The minimum Gasteiger partial charge on any atom is -0.542 e. The largest absolute Gasteiger partial charge is 3.00 e.